The molecular weight excluding hydrogens is 252 g/mol. The maximum absolute atomic E-state index is 11.8. The van der Waals surface area contributed by atoms with Gasteiger partial charge in [-0.05, 0) is 51.7 Å². The molecule has 1 aliphatic carbocycles. The van der Waals surface area contributed by atoms with E-state index in [2.05, 4.69) is 10.6 Å². The summed E-state index contributed by atoms with van der Waals surface area (Å²) in [6.07, 6.45) is 3.52. The van der Waals surface area contributed by atoms with Crippen molar-refractivity contribution >= 4 is 17.5 Å². The largest absolute Gasteiger partial charge is 0.444 e. The molecule has 1 fully saturated rings. The zero-order chi connectivity index (χ0) is 14.6. The Morgan fingerprint density at radius 2 is 1.90 bits per heavy atom. The van der Waals surface area contributed by atoms with Crippen LogP contribution in [0.2, 0.25) is 0 Å². The summed E-state index contributed by atoms with van der Waals surface area (Å²) in [6.45, 7) is 6.53. The first-order valence-corrected chi connectivity index (χ1v) is 7.27. The Morgan fingerprint density at radius 3 is 2.45 bits per heavy atom. The minimum atomic E-state index is -0.488. The Hall–Kier alpha value is -1.71. The monoisotopic (exact) mass is 276 g/mol. The zero-order valence-corrected chi connectivity index (χ0v) is 12.5. The minimum Gasteiger partial charge on any atom is -0.444 e. The van der Waals surface area contributed by atoms with E-state index >= 15 is 0 Å². The molecular formula is C16H24N2O2. The van der Waals surface area contributed by atoms with Crippen LogP contribution in [0, 0.1) is 5.92 Å². The van der Waals surface area contributed by atoms with Gasteiger partial charge in [0.05, 0.1) is 11.4 Å². The SMILES string of the molecule is CC(C)(C)OC(=O)Nc1ccccc1NCC1CCC1. The Kier molecular flexibility index (Phi) is 4.53. The van der Waals surface area contributed by atoms with Gasteiger partial charge in [0.2, 0.25) is 0 Å². The summed E-state index contributed by atoms with van der Waals surface area (Å²) in [7, 11) is 0. The van der Waals surface area contributed by atoms with Crippen molar-refractivity contribution in [3.05, 3.63) is 24.3 Å². The lowest BCUT2D eigenvalue weighted by molar-refractivity contribution is 0.0636. The molecule has 2 rings (SSSR count). The number of anilines is 2. The first-order valence-electron chi connectivity index (χ1n) is 7.27. The van der Waals surface area contributed by atoms with Gasteiger partial charge in [-0.15, -0.1) is 0 Å². The molecule has 0 radical (unpaired) electrons. The van der Waals surface area contributed by atoms with E-state index in [-0.39, 0.29) is 0 Å². The van der Waals surface area contributed by atoms with Crippen LogP contribution < -0.4 is 10.6 Å². The van der Waals surface area contributed by atoms with Gasteiger partial charge in [0.15, 0.2) is 0 Å². The molecule has 0 saturated heterocycles. The molecule has 20 heavy (non-hydrogen) atoms. The summed E-state index contributed by atoms with van der Waals surface area (Å²) in [5, 5.41) is 6.22. The van der Waals surface area contributed by atoms with Crippen molar-refractivity contribution in [1.29, 1.82) is 0 Å². The van der Waals surface area contributed by atoms with Crippen LogP contribution in [0.1, 0.15) is 40.0 Å². The summed E-state index contributed by atoms with van der Waals surface area (Å²) in [6, 6.07) is 7.73. The normalized spacial score (nSPS) is 15.3. The molecule has 1 saturated carbocycles. The lowest BCUT2D eigenvalue weighted by Gasteiger charge is -2.26. The smallest absolute Gasteiger partial charge is 0.412 e. The average molecular weight is 276 g/mol. The van der Waals surface area contributed by atoms with Gasteiger partial charge in [-0.25, -0.2) is 4.79 Å². The van der Waals surface area contributed by atoms with Crippen LogP contribution in [-0.4, -0.2) is 18.2 Å². The van der Waals surface area contributed by atoms with Crippen LogP contribution >= 0.6 is 0 Å². The third-order valence-electron chi connectivity index (χ3n) is 3.37. The van der Waals surface area contributed by atoms with E-state index < -0.39 is 11.7 Å². The van der Waals surface area contributed by atoms with E-state index in [1.165, 1.54) is 19.3 Å². The summed E-state index contributed by atoms with van der Waals surface area (Å²) >= 11 is 0. The molecule has 0 aromatic heterocycles. The third kappa shape index (κ3) is 4.44. The van der Waals surface area contributed by atoms with E-state index in [0.29, 0.717) is 0 Å². The summed E-state index contributed by atoms with van der Waals surface area (Å²) in [5.74, 6) is 0.768. The Labute approximate surface area is 120 Å². The van der Waals surface area contributed by atoms with Crippen LogP contribution in [0.25, 0.3) is 0 Å². The number of carbonyl (C=O) groups is 1. The number of hydrogen-bond acceptors (Lipinski definition) is 3. The van der Waals surface area contributed by atoms with Crippen LogP contribution in [-0.2, 0) is 4.74 Å². The van der Waals surface area contributed by atoms with Crippen LogP contribution in [0.5, 0.6) is 0 Å². The van der Waals surface area contributed by atoms with Gasteiger partial charge in [0.1, 0.15) is 5.60 Å². The molecule has 0 bridgehead atoms. The number of benzene rings is 1. The highest BCUT2D eigenvalue weighted by atomic mass is 16.6. The maximum atomic E-state index is 11.8. The molecule has 4 heteroatoms. The number of nitrogens with one attached hydrogen (secondary N) is 2. The van der Waals surface area contributed by atoms with Crippen molar-refractivity contribution in [3.8, 4) is 0 Å². The second-order valence-corrected chi connectivity index (χ2v) is 6.35. The number of hydrogen-bond donors (Lipinski definition) is 2. The first kappa shape index (κ1) is 14.7. The Bertz CT molecular complexity index is 462. The molecule has 1 amide bonds. The molecule has 0 spiro atoms. The third-order valence-corrected chi connectivity index (χ3v) is 3.37. The van der Waals surface area contributed by atoms with Crippen molar-refractivity contribution in [3.63, 3.8) is 0 Å². The van der Waals surface area contributed by atoms with E-state index in [1.807, 2.05) is 45.0 Å². The fourth-order valence-corrected chi connectivity index (χ4v) is 2.11. The number of para-hydroxylation sites is 2. The minimum absolute atomic E-state index is 0.421. The predicted molar refractivity (Wildman–Crippen MR) is 82.1 cm³/mol. The molecule has 1 aliphatic rings. The first-order chi connectivity index (χ1) is 9.44. The number of rotatable bonds is 4. The molecule has 110 valence electrons. The number of carbonyl (C=O) groups excluding carboxylic acids is 1. The van der Waals surface area contributed by atoms with Crippen LogP contribution in [0.3, 0.4) is 0 Å². The van der Waals surface area contributed by atoms with Gasteiger partial charge in [0.25, 0.3) is 0 Å². The average Bonchev–Trinajstić information content (AvgIpc) is 2.26. The lowest BCUT2D eigenvalue weighted by Crippen LogP contribution is -2.27. The van der Waals surface area contributed by atoms with Crippen molar-refractivity contribution in [2.24, 2.45) is 5.92 Å². The van der Waals surface area contributed by atoms with Gasteiger partial charge < -0.3 is 10.1 Å². The van der Waals surface area contributed by atoms with Crippen molar-refractivity contribution in [2.75, 3.05) is 17.2 Å². The quantitative estimate of drug-likeness (QED) is 0.864. The molecule has 0 unspecified atom stereocenters. The molecule has 0 atom stereocenters. The van der Waals surface area contributed by atoms with E-state index in [1.54, 1.807) is 0 Å². The van der Waals surface area contributed by atoms with E-state index in [4.69, 9.17) is 4.74 Å². The maximum Gasteiger partial charge on any atom is 0.412 e. The van der Waals surface area contributed by atoms with Gasteiger partial charge in [-0.1, -0.05) is 18.6 Å². The lowest BCUT2D eigenvalue weighted by atomic mass is 9.85. The highest BCUT2D eigenvalue weighted by Gasteiger charge is 2.19. The van der Waals surface area contributed by atoms with Gasteiger partial charge >= 0.3 is 6.09 Å². The Balaban J connectivity index is 1.94. The highest BCUT2D eigenvalue weighted by Crippen LogP contribution is 2.28. The van der Waals surface area contributed by atoms with Gasteiger partial charge in [-0.3, -0.25) is 5.32 Å². The zero-order valence-electron chi connectivity index (χ0n) is 12.5. The molecule has 0 aliphatic heterocycles. The van der Waals surface area contributed by atoms with Crippen LogP contribution in [0.15, 0.2) is 24.3 Å². The number of ether oxygens (including phenoxy) is 1. The fraction of sp³-hybridized carbons (Fsp3) is 0.562. The summed E-state index contributed by atoms with van der Waals surface area (Å²) in [5.41, 5.74) is 1.23. The van der Waals surface area contributed by atoms with Crippen molar-refractivity contribution in [2.45, 2.75) is 45.6 Å². The Morgan fingerprint density at radius 1 is 1.25 bits per heavy atom. The van der Waals surface area contributed by atoms with E-state index in [9.17, 15) is 4.79 Å². The summed E-state index contributed by atoms with van der Waals surface area (Å²) in [4.78, 5) is 11.8. The van der Waals surface area contributed by atoms with Gasteiger partial charge in [-0.2, -0.15) is 0 Å². The van der Waals surface area contributed by atoms with Crippen LogP contribution in [0.4, 0.5) is 16.2 Å². The summed E-state index contributed by atoms with van der Waals surface area (Å²) < 4.78 is 5.28. The molecule has 1 aromatic carbocycles. The molecule has 1 aromatic rings. The predicted octanol–water partition coefficient (Wildman–Crippen LogP) is 4.25. The standard InChI is InChI=1S/C16H24N2O2/c1-16(2,3)20-15(19)18-14-10-5-4-9-13(14)17-11-12-7-6-8-12/h4-5,9-10,12,17H,6-8,11H2,1-3H3,(H,18,19). The van der Waals surface area contributed by atoms with Gasteiger partial charge in [0, 0.05) is 6.54 Å². The number of amides is 1. The molecule has 2 N–H and O–H groups in total. The second-order valence-electron chi connectivity index (χ2n) is 6.35. The van der Waals surface area contributed by atoms with Crippen molar-refractivity contribution < 1.29 is 9.53 Å². The molecule has 0 heterocycles. The van der Waals surface area contributed by atoms with Crippen molar-refractivity contribution in [1.82, 2.24) is 0 Å². The molecule has 4 nitrogen and oxygen atoms in total. The fourth-order valence-electron chi connectivity index (χ4n) is 2.11. The highest BCUT2D eigenvalue weighted by molar-refractivity contribution is 5.89. The van der Waals surface area contributed by atoms with E-state index in [0.717, 1.165) is 23.8 Å². The topological polar surface area (TPSA) is 50.4 Å². The second kappa shape index (κ2) is 6.16.